The molecule has 5 heteroatoms. The molecule has 0 bridgehead atoms. The molecule has 1 unspecified atom stereocenters. The Hall–Kier alpha value is -0.840. The predicted octanol–water partition coefficient (Wildman–Crippen LogP) is 1.06. The van der Waals surface area contributed by atoms with Crippen LogP contribution in [0.25, 0.3) is 0 Å². The van der Waals surface area contributed by atoms with Gasteiger partial charge in [-0.25, -0.2) is 4.79 Å². The number of hydrogen-bond donors (Lipinski definition) is 2. The molecule has 0 radical (unpaired) electrons. The summed E-state index contributed by atoms with van der Waals surface area (Å²) < 4.78 is 4.69. The highest BCUT2D eigenvalue weighted by Gasteiger charge is 2.23. The van der Waals surface area contributed by atoms with Gasteiger partial charge >= 0.3 is 5.97 Å². The summed E-state index contributed by atoms with van der Waals surface area (Å²) in [6.07, 6.45) is 0.992. The molecular weight excluding hydrogens is 212 g/mol. The quantitative estimate of drug-likeness (QED) is 0.548. The van der Waals surface area contributed by atoms with E-state index in [0.29, 0.717) is 5.11 Å². The van der Waals surface area contributed by atoms with Gasteiger partial charge < -0.3 is 15.4 Å². The fourth-order valence-corrected chi connectivity index (χ4v) is 1.28. The van der Waals surface area contributed by atoms with E-state index in [1.165, 1.54) is 7.11 Å². The van der Waals surface area contributed by atoms with Crippen molar-refractivity contribution in [2.75, 3.05) is 13.7 Å². The van der Waals surface area contributed by atoms with Crippen molar-refractivity contribution < 1.29 is 9.53 Å². The zero-order valence-electron chi connectivity index (χ0n) is 9.79. The molecule has 0 fully saturated rings. The lowest BCUT2D eigenvalue weighted by molar-refractivity contribution is -0.143. The minimum absolute atomic E-state index is 0.138. The first-order chi connectivity index (χ1) is 7.02. The number of esters is 1. The second kappa shape index (κ2) is 7.45. The number of ether oxygens (including phenoxy) is 1. The highest BCUT2D eigenvalue weighted by atomic mass is 32.1. The van der Waals surface area contributed by atoms with Crippen molar-refractivity contribution in [2.24, 2.45) is 5.92 Å². The molecule has 0 saturated heterocycles. The van der Waals surface area contributed by atoms with E-state index in [1.54, 1.807) is 0 Å². The van der Waals surface area contributed by atoms with Crippen molar-refractivity contribution in [1.82, 2.24) is 10.6 Å². The first-order valence-corrected chi connectivity index (χ1v) is 5.55. The summed E-state index contributed by atoms with van der Waals surface area (Å²) in [5.41, 5.74) is 0. The van der Waals surface area contributed by atoms with Crippen LogP contribution in [0.1, 0.15) is 27.2 Å². The summed E-state index contributed by atoms with van der Waals surface area (Å²) in [7, 11) is 1.38. The van der Waals surface area contributed by atoms with Gasteiger partial charge in [-0.3, -0.25) is 0 Å². The van der Waals surface area contributed by atoms with E-state index >= 15 is 0 Å². The number of hydrogen-bond acceptors (Lipinski definition) is 3. The lowest BCUT2D eigenvalue weighted by atomic mass is 10.1. The zero-order valence-corrected chi connectivity index (χ0v) is 10.6. The van der Waals surface area contributed by atoms with Crippen molar-refractivity contribution in [3.05, 3.63) is 0 Å². The molecule has 15 heavy (non-hydrogen) atoms. The number of thiocarbonyl (C=S) groups is 1. The molecule has 0 aromatic rings. The molecule has 0 aromatic carbocycles. The minimum Gasteiger partial charge on any atom is -0.467 e. The molecule has 88 valence electrons. The molecule has 0 aromatic heterocycles. The summed E-state index contributed by atoms with van der Waals surface area (Å²) in [4.78, 5) is 11.4. The van der Waals surface area contributed by atoms with Crippen LogP contribution in [0.4, 0.5) is 0 Å². The van der Waals surface area contributed by atoms with E-state index in [1.807, 2.05) is 13.8 Å². The molecule has 4 nitrogen and oxygen atoms in total. The third-order valence-electron chi connectivity index (χ3n) is 1.94. The second-order valence-electron chi connectivity index (χ2n) is 3.65. The molecule has 0 saturated carbocycles. The van der Waals surface area contributed by atoms with Gasteiger partial charge in [0.05, 0.1) is 7.11 Å². The van der Waals surface area contributed by atoms with Gasteiger partial charge in [0, 0.05) is 6.54 Å². The standard InChI is InChI=1S/C10H20N2O2S/c1-5-6-11-10(15)12-8(7(2)3)9(13)14-4/h7-8H,5-6H2,1-4H3,(H2,11,12,15). The number of carbonyl (C=O) groups is 1. The molecule has 0 aliphatic carbocycles. The third kappa shape index (κ3) is 5.57. The van der Waals surface area contributed by atoms with Crippen LogP contribution in [0.5, 0.6) is 0 Å². The second-order valence-corrected chi connectivity index (χ2v) is 4.05. The molecule has 2 N–H and O–H groups in total. The van der Waals surface area contributed by atoms with Crippen LogP contribution < -0.4 is 10.6 Å². The normalized spacial score (nSPS) is 12.1. The SMILES string of the molecule is CCCNC(=S)NC(C(=O)OC)C(C)C. The van der Waals surface area contributed by atoms with Gasteiger partial charge in [-0.1, -0.05) is 20.8 Å². The maximum absolute atomic E-state index is 11.4. The zero-order chi connectivity index (χ0) is 11.8. The Bertz CT molecular complexity index is 219. The lowest BCUT2D eigenvalue weighted by Gasteiger charge is -2.21. The first kappa shape index (κ1) is 14.2. The maximum atomic E-state index is 11.4. The van der Waals surface area contributed by atoms with E-state index < -0.39 is 0 Å². The predicted molar refractivity (Wildman–Crippen MR) is 64.7 cm³/mol. The Balaban J connectivity index is 4.17. The van der Waals surface area contributed by atoms with Gasteiger partial charge in [0.15, 0.2) is 5.11 Å². The largest absolute Gasteiger partial charge is 0.467 e. The Morgan fingerprint density at radius 2 is 2.07 bits per heavy atom. The third-order valence-corrected chi connectivity index (χ3v) is 2.21. The maximum Gasteiger partial charge on any atom is 0.328 e. The van der Waals surface area contributed by atoms with Gasteiger partial charge in [0.1, 0.15) is 6.04 Å². The fraction of sp³-hybridized carbons (Fsp3) is 0.800. The van der Waals surface area contributed by atoms with E-state index in [9.17, 15) is 4.79 Å². The highest BCUT2D eigenvalue weighted by Crippen LogP contribution is 2.03. The molecule has 0 aliphatic heterocycles. The van der Waals surface area contributed by atoms with Gasteiger partial charge in [-0.2, -0.15) is 0 Å². The van der Waals surface area contributed by atoms with E-state index in [-0.39, 0.29) is 17.9 Å². The summed E-state index contributed by atoms with van der Waals surface area (Å²) in [6.45, 7) is 6.74. The fourth-order valence-electron chi connectivity index (χ4n) is 1.06. The lowest BCUT2D eigenvalue weighted by Crippen LogP contribution is -2.49. The summed E-state index contributed by atoms with van der Waals surface area (Å²) >= 11 is 5.05. The Morgan fingerprint density at radius 1 is 1.47 bits per heavy atom. The van der Waals surface area contributed by atoms with E-state index in [2.05, 4.69) is 17.6 Å². The Labute approximate surface area is 96.8 Å². The summed E-state index contributed by atoms with van der Waals surface area (Å²) in [5, 5.41) is 6.46. The Kier molecular flexibility index (Phi) is 7.03. The summed E-state index contributed by atoms with van der Waals surface area (Å²) in [6, 6.07) is -0.383. The average Bonchev–Trinajstić information content (AvgIpc) is 2.21. The van der Waals surface area contributed by atoms with Crippen molar-refractivity contribution in [3.63, 3.8) is 0 Å². The van der Waals surface area contributed by atoms with Crippen LogP contribution in [0.3, 0.4) is 0 Å². The topological polar surface area (TPSA) is 50.4 Å². The Morgan fingerprint density at radius 3 is 2.47 bits per heavy atom. The molecule has 0 heterocycles. The molecule has 0 aliphatic rings. The van der Waals surface area contributed by atoms with Crippen LogP contribution in [0.2, 0.25) is 0 Å². The smallest absolute Gasteiger partial charge is 0.328 e. The minimum atomic E-state index is -0.383. The van der Waals surface area contributed by atoms with Crippen LogP contribution in [-0.4, -0.2) is 30.8 Å². The van der Waals surface area contributed by atoms with Crippen molar-refractivity contribution in [3.8, 4) is 0 Å². The van der Waals surface area contributed by atoms with Crippen LogP contribution >= 0.6 is 12.2 Å². The molecular formula is C10H20N2O2S. The van der Waals surface area contributed by atoms with Crippen molar-refractivity contribution in [1.29, 1.82) is 0 Å². The molecule has 0 spiro atoms. The van der Waals surface area contributed by atoms with Gasteiger partial charge in [0.2, 0.25) is 0 Å². The summed E-state index contributed by atoms with van der Waals surface area (Å²) in [5.74, 6) is -0.149. The van der Waals surface area contributed by atoms with Crippen LogP contribution in [0, 0.1) is 5.92 Å². The first-order valence-electron chi connectivity index (χ1n) is 5.15. The average molecular weight is 232 g/mol. The molecule has 1 atom stereocenters. The number of carbonyl (C=O) groups excluding carboxylic acids is 1. The number of nitrogens with one attached hydrogen (secondary N) is 2. The van der Waals surface area contributed by atoms with Gasteiger partial charge in [-0.15, -0.1) is 0 Å². The number of rotatable bonds is 5. The van der Waals surface area contributed by atoms with E-state index in [4.69, 9.17) is 17.0 Å². The monoisotopic (exact) mass is 232 g/mol. The van der Waals surface area contributed by atoms with Gasteiger partial charge in [-0.05, 0) is 24.6 Å². The molecule has 0 rings (SSSR count). The molecule has 0 amide bonds. The van der Waals surface area contributed by atoms with E-state index in [0.717, 1.165) is 13.0 Å². The van der Waals surface area contributed by atoms with Crippen molar-refractivity contribution >= 4 is 23.3 Å². The highest BCUT2D eigenvalue weighted by molar-refractivity contribution is 7.80. The van der Waals surface area contributed by atoms with Crippen LogP contribution in [-0.2, 0) is 9.53 Å². The van der Waals surface area contributed by atoms with Crippen LogP contribution in [0.15, 0.2) is 0 Å². The number of methoxy groups -OCH3 is 1. The van der Waals surface area contributed by atoms with Gasteiger partial charge in [0.25, 0.3) is 0 Å². The van der Waals surface area contributed by atoms with Crippen molar-refractivity contribution in [2.45, 2.75) is 33.2 Å².